The van der Waals surface area contributed by atoms with Crippen LogP contribution in [0.15, 0.2) is 0 Å². The molecule has 84 valence electrons. The van der Waals surface area contributed by atoms with E-state index in [9.17, 15) is 0 Å². The molecule has 0 N–H and O–H groups in total. The van der Waals surface area contributed by atoms with E-state index in [0.717, 1.165) is 25.5 Å². The predicted molar refractivity (Wildman–Crippen MR) is 64.1 cm³/mol. The van der Waals surface area contributed by atoms with Crippen molar-refractivity contribution < 1.29 is 4.74 Å². The number of hydrogen-bond donors (Lipinski definition) is 1. The maximum Gasteiger partial charge on any atom is 0.0593 e. The number of piperidine rings is 1. The molecule has 1 heterocycles. The quantitative estimate of drug-likeness (QED) is 0.559. The maximum atomic E-state index is 5.44. The van der Waals surface area contributed by atoms with Crippen LogP contribution < -0.4 is 0 Å². The highest BCUT2D eigenvalue weighted by atomic mass is 32.1. The zero-order valence-electron chi connectivity index (χ0n) is 9.46. The number of hydrogen-bond acceptors (Lipinski definition) is 3. The van der Waals surface area contributed by atoms with Gasteiger partial charge in [0.1, 0.15) is 0 Å². The lowest BCUT2D eigenvalue weighted by molar-refractivity contribution is 0.0705. The van der Waals surface area contributed by atoms with Crippen LogP contribution in [-0.2, 0) is 4.74 Å². The number of thiol groups is 1. The normalized spacial score (nSPS) is 22.5. The predicted octanol–water partition coefficient (Wildman–Crippen LogP) is 2.05. The molecule has 1 saturated heterocycles. The van der Waals surface area contributed by atoms with Gasteiger partial charge in [-0.2, -0.15) is 12.6 Å². The van der Waals surface area contributed by atoms with Crippen molar-refractivity contribution in [1.29, 1.82) is 0 Å². The molecule has 14 heavy (non-hydrogen) atoms. The first-order valence-corrected chi connectivity index (χ1v) is 6.18. The van der Waals surface area contributed by atoms with E-state index in [1.165, 1.54) is 25.9 Å². The van der Waals surface area contributed by atoms with E-state index in [4.69, 9.17) is 4.74 Å². The van der Waals surface area contributed by atoms with E-state index in [0.29, 0.717) is 5.41 Å². The Kier molecular flexibility index (Phi) is 5.28. The minimum Gasteiger partial charge on any atom is -0.379 e. The summed E-state index contributed by atoms with van der Waals surface area (Å²) in [4.78, 5) is 2.52. The summed E-state index contributed by atoms with van der Waals surface area (Å²) in [6.45, 7) is 9.89. The Morgan fingerprint density at radius 3 is 2.79 bits per heavy atom. The van der Waals surface area contributed by atoms with Crippen molar-refractivity contribution in [3.8, 4) is 0 Å². The van der Waals surface area contributed by atoms with E-state index < -0.39 is 0 Å². The smallest absolute Gasteiger partial charge is 0.0593 e. The second kappa shape index (κ2) is 5.99. The highest BCUT2D eigenvalue weighted by molar-refractivity contribution is 7.80. The lowest BCUT2D eigenvalue weighted by Gasteiger charge is -2.37. The van der Waals surface area contributed by atoms with Gasteiger partial charge in [0, 0.05) is 18.8 Å². The molecule has 1 aliphatic heterocycles. The van der Waals surface area contributed by atoms with Gasteiger partial charge < -0.3 is 9.64 Å². The molecule has 0 aromatic heterocycles. The summed E-state index contributed by atoms with van der Waals surface area (Å²) in [5.41, 5.74) is 0.502. The molecule has 1 fully saturated rings. The number of nitrogens with zero attached hydrogens (tertiary/aromatic N) is 1. The summed E-state index contributed by atoms with van der Waals surface area (Å²) in [6, 6.07) is 0. The Labute approximate surface area is 93.4 Å². The fourth-order valence-corrected chi connectivity index (χ4v) is 2.22. The van der Waals surface area contributed by atoms with Crippen molar-refractivity contribution >= 4 is 12.6 Å². The summed E-state index contributed by atoms with van der Waals surface area (Å²) < 4.78 is 5.44. The summed E-state index contributed by atoms with van der Waals surface area (Å²) in [7, 11) is 0. The van der Waals surface area contributed by atoms with Crippen molar-refractivity contribution in [3.63, 3.8) is 0 Å². The third kappa shape index (κ3) is 4.67. The van der Waals surface area contributed by atoms with E-state index in [1.807, 2.05) is 0 Å². The highest BCUT2D eigenvalue weighted by Gasteiger charge is 2.25. The van der Waals surface area contributed by atoms with E-state index in [1.54, 1.807) is 0 Å². The highest BCUT2D eigenvalue weighted by Crippen LogP contribution is 2.27. The van der Waals surface area contributed by atoms with Crippen LogP contribution in [0.3, 0.4) is 0 Å². The topological polar surface area (TPSA) is 12.5 Å². The SMILES string of the molecule is CC1(C)CCCN(CCOCCS)C1. The van der Waals surface area contributed by atoms with Crippen LogP contribution in [0.1, 0.15) is 26.7 Å². The number of ether oxygens (including phenoxy) is 1. The van der Waals surface area contributed by atoms with Crippen LogP contribution in [0, 0.1) is 5.41 Å². The molecule has 0 bridgehead atoms. The zero-order valence-corrected chi connectivity index (χ0v) is 10.4. The average molecular weight is 217 g/mol. The molecule has 1 aliphatic rings. The second-order valence-corrected chi connectivity index (χ2v) is 5.33. The van der Waals surface area contributed by atoms with Gasteiger partial charge in [0.2, 0.25) is 0 Å². The third-order valence-corrected chi connectivity index (χ3v) is 2.95. The summed E-state index contributed by atoms with van der Waals surface area (Å²) >= 11 is 4.11. The monoisotopic (exact) mass is 217 g/mol. The molecule has 0 spiro atoms. The molecule has 0 unspecified atom stereocenters. The average Bonchev–Trinajstić information content (AvgIpc) is 2.11. The Morgan fingerprint density at radius 2 is 2.14 bits per heavy atom. The molecule has 3 heteroatoms. The Morgan fingerprint density at radius 1 is 1.36 bits per heavy atom. The van der Waals surface area contributed by atoms with Gasteiger partial charge >= 0.3 is 0 Å². The molecule has 0 aromatic rings. The fraction of sp³-hybridized carbons (Fsp3) is 1.00. The molecule has 0 amide bonds. The Bertz CT molecular complexity index is 161. The van der Waals surface area contributed by atoms with Crippen molar-refractivity contribution in [2.75, 3.05) is 38.6 Å². The molecule has 1 rings (SSSR count). The summed E-state index contributed by atoms with van der Waals surface area (Å²) in [5.74, 6) is 0.825. The van der Waals surface area contributed by atoms with Crippen LogP contribution in [-0.4, -0.2) is 43.5 Å². The second-order valence-electron chi connectivity index (χ2n) is 4.88. The zero-order chi connectivity index (χ0) is 10.4. The maximum absolute atomic E-state index is 5.44. The minimum absolute atomic E-state index is 0.502. The number of rotatable bonds is 5. The first kappa shape index (κ1) is 12.3. The molecule has 0 aliphatic carbocycles. The van der Waals surface area contributed by atoms with Gasteiger partial charge in [0.25, 0.3) is 0 Å². The fourth-order valence-electron chi connectivity index (χ4n) is 2.10. The largest absolute Gasteiger partial charge is 0.379 e. The van der Waals surface area contributed by atoms with E-state index in [-0.39, 0.29) is 0 Å². The molecule has 0 radical (unpaired) electrons. The van der Waals surface area contributed by atoms with Crippen LogP contribution >= 0.6 is 12.6 Å². The van der Waals surface area contributed by atoms with E-state index in [2.05, 4.69) is 31.4 Å². The summed E-state index contributed by atoms with van der Waals surface area (Å²) in [6.07, 6.45) is 2.70. The van der Waals surface area contributed by atoms with Gasteiger partial charge in [0.05, 0.1) is 13.2 Å². The van der Waals surface area contributed by atoms with Crippen LogP contribution in [0.25, 0.3) is 0 Å². The molecule has 0 saturated carbocycles. The van der Waals surface area contributed by atoms with Crippen molar-refractivity contribution in [2.45, 2.75) is 26.7 Å². The van der Waals surface area contributed by atoms with Gasteiger partial charge in [-0.1, -0.05) is 13.8 Å². The number of likely N-dealkylation sites (tertiary alicyclic amines) is 1. The van der Waals surface area contributed by atoms with Gasteiger partial charge in [-0.25, -0.2) is 0 Å². The van der Waals surface area contributed by atoms with Gasteiger partial charge in [-0.3, -0.25) is 0 Å². The van der Waals surface area contributed by atoms with Crippen LogP contribution in [0.5, 0.6) is 0 Å². The molecular weight excluding hydrogens is 194 g/mol. The molecular formula is C11H23NOS. The van der Waals surface area contributed by atoms with Crippen molar-refractivity contribution in [2.24, 2.45) is 5.41 Å². The Hall–Kier alpha value is 0.270. The minimum atomic E-state index is 0.502. The van der Waals surface area contributed by atoms with Gasteiger partial charge in [-0.15, -0.1) is 0 Å². The first-order chi connectivity index (χ1) is 6.64. The molecule has 0 atom stereocenters. The first-order valence-electron chi connectivity index (χ1n) is 5.55. The standard InChI is InChI=1S/C11H23NOS/c1-11(2)4-3-5-12(10-11)6-7-13-8-9-14/h14H,3-10H2,1-2H3. The lowest BCUT2D eigenvalue weighted by Crippen LogP contribution is -2.41. The van der Waals surface area contributed by atoms with Crippen LogP contribution in [0.4, 0.5) is 0 Å². The van der Waals surface area contributed by atoms with Crippen molar-refractivity contribution in [1.82, 2.24) is 4.90 Å². The molecule has 2 nitrogen and oxygen atoms in total. The lowest BCUT2D eigenvalue weighted by atomic mass is 9.84. The third-order valence-electron chi connectivity index (χ3n) is 2.77. The summed E-state index contributed by atoms with van der Waals surface area (Å²) in [5, 5.41) is 0. The molecule has 0 aromatic carbocycles. The van der Waals surface area contributed by atoms with Crippen molar-refractivity contribution in [3.05, 3.63) is 0 Å². The van der Waals surface area contributed by atoms with Crippen LogP contribution in [0.2, 0.25) is 0 Å². The van der Waals surface area contributed by atoms with E-state index >= 15 is 0 Å². The van der Waals surface area contributed by atoms with Gasteiger partial charge in [0.15, 0.2) is 0 Å². The van der Waals surface area contributed by atoms with Gasteiger partial charge in [-0.05, 0) is 24.8 Å². The Balaban J connectivity index is 2.12.